The topological polar surface area (TPSA) is 66.9 Å². The van der Waals surface area contributed by atoms with Crippen molar-refractivity contribution in [1.82, 2.24) is 19.4 Å². The number of rotatable bonds is 4. The first-order valence-electron chi connectivity index (χ1n) is 14.1. The molecule has 3 aromatic heterocycles. The van der Waals surface area contributed by atoms with Crippen LogP contribution in [-0.2, 0) is 0 Å². The molecular formula is C38H23N5. The highest BCUT2D eigenvalue weighted by Gasteiger charge is 2.13. The Morgan fingerprint density at radius 1 is 0.488 bits per heavy atom. The van der Waals surface area contributed by atoms with E-state index < -0.39 is 0 Å². The molecule has 8 aromatic rings. The molecule has 0 atom stereocenters. The predicted molar refractivity (Wildman–Crippen MR) is 172 cm³/mol. The van der Waals surface area contributed by atoms with Gasteiger partial charge in [0.25, 0.3) is 0 Å². The SMILES string of the molecule is N#Cc1cccc(-c2cc(-c3ccccc3)nc(-c3cccc(-c4ccc5c(ccc6nc7ccccc7n65)c4)c3)n2)c1. The maximum Gasteiger partial charge on any atom is 0.160 e. The maximum atomic E-state index is 9.48. The van der Waals surface area contributed by atoms with E-state index >= 15 is 0 Å². The quantitative estimate of drug-likeness (QED) is 0.220. The van der Waals surface area contributed by atoms with Crippen LogP contribution in [0, 0.1) is 11.3 Å². The minimum atomic E-state index is 0.596. The molecule has 0 aliphatic carbocycles. The molecule has 5 heteroatoms. The van der Waals surface area contributed by atoms with E-state index in [0.29, 0.717) is 11.4 Å². The standard InChI is InChI=1S/C38H23N5/c39-24-25-8-6-12-29(20-25)34-23-33(26-9-2-1-3-10-26)41-38(42-34)31-13-7-11-27(22-31)28-16-18-35-30(21-28)17-19-37-40-32-14-4-5-15-36(32)43(35)37/h1-23H. The zero-order valence-corrected chi connectivity index (χ0v) is 23.0. The molecule has 3 heterocycles. The molecule has 5 nitrogen and oxygen atoms in total. The van der Waals surface area contributed by atoms with Gasteiger partial charge in [-0.1, -0.05) is 78.9 Å². The summed E-state index contributed by atoms with van der Waals surface area (Å²) in [7, 11) is 0. The van der Waals surface area contributed by atoms with E-state index in [-0.39, 0.29) is 0 Å². The number of fused-ring (bicyclic) bond motifs is 5. The molecule has 0 N–H and O–H groups in total. The number of nitrogens with zero attached hydrogens (tertiary/aromatic N) is 5. The fourth-order valence-electron chi connectivity index (χ4n) is 5.71. The Morgan fingerprint density at radius 3 is 2.09 bits per heavy atom. The number of hydrogen-bond donors (Lipinski definition) is 0. The second-order valence-corrected chi connectivity index (χ2v) is 10.5. The van der Waals surface area contributed by atoms with E-state index in [1.807, 2.05) is 66.7 Å². The van der Waals surface area contributed by atoms with Crippen molar-refractivity contribution in [2.75, 3.05) is 0 Å². The van der Waals surface area contributed by atoms with Crippen LogP contribution in [0.3, 0.4) is 0 Å². The molecule has 0 aliphatic heterocycles. The summed E-state index contributed by atoms with van der Waals surface area (Å²) in [5.41, 5.74) is 11.3. The Balaban J connectivity index is 1.25. The molecule has 43 heavy (non-hydrogen) atoms. The lowest BCUT2D eigenvalue weighted by molar-refractivity contribution is 1.18. The Hall–Kier alpha value is -6.12. The first-order chi connectivity index (χ1) is 21.2. The second kappa shape index (κ2) is 10.1. The molecule has 0 unspecified atom stereocenters. The molecule has 0 spiro atoms. The average Bonchev–Trinajstić information content (AvgIpc) is 3.47. The molecule has 5 aromatic carbocycles. The minimum absolute atomic E-state index is 0.596. The first-order valence-corrected chi connectivity index (χ1v) is 14.1. The van der Waals surface area contributed by atoms with Crippen LogP contribution >= 0.6 is 0 Å². The molecular weight excluding hydrogens is 526 g/mol. The Kier molecular flexibility index (Phi) is 5.77. The summed E-state index contributed by atoms with van der Waals surface area (Å²) in [6.45, 7) is 0. The summed E-state index contributed by atoms with van der Waals surface area (Å²) < 4.78 is 2.22. The number of hydrogen-bond acceptors (Lipinski definition) is 4. The lowest BCUT2D eigenvalue weighted by Gasteiger charge is -2.11. The molecule has 200 valence electrons. The second-order valence-electron chi connectivity index (χ2n) is 10.5. The third-order valence-electron chi connectivity index (χ3n) is 7.80. The lowest BCUT2D eigenvalue weighted by Crippen LogP contribution is -1.96. The normalized spacial score (nSPS) is 11.2. The smallest absolute Gasteiger partial charge is 0.160 e. The van der Waals surface area contributed by atoms with Gasteiger partial charge in [0.05, 0.1) is 39.6 Å². The van der Waals surface area contributed by atoms with E-state index in [4.69, 9.17) is 15.0 Å². The fourth-order valence-corrected chi connectivity index (χ4v) is 5.71. The van der Waals surface area contributed by atoms with Crippen LogP contribution in [0.25, 0.3) is 72.6 Å². The molecule has 0 amide bonds. The maximum absolute atomic E-state index is 9.48. The van der Waals surface area contributed by atoms with Gasteiger partial charge in [0.1, 0.15) is 5.65 Å². The summed E-state index contributed by atoms with van der Waals surface area (Å²) >= 11 is 0. The van der Waals surface area contributed by atoms with E-state index in [2.05, 4.69) is 77.2 Å². The summed E-state index contributed by atoms with van der Waals surface area (Å²) in [5, 5.41) is 10.6. The van der Waals surface area contributed by atoms with E-state index in [0.717, 1.165) is 66.8 Å². The highest BCUT2D eigenvalue weighted by molar-refractivity contribution is 5.93. The molecule has 0 saturated carbocycles. The molecule has 0 saturated heterocycles. The van der Waals surface area contributed by atoms with Gasteiger partial charge in [-0.05, 0) is 77.2 Å². The summed E-state index contributed by atoms with van der Waals surface area (Å²) in [4.78, 5) is 14.8. The average molecular weight is 550 g/mol. The highest BCUT2D eigenvalue weighted by Crippen LogP contribution is 2.32. The molecule has 0 radical (unpaired) electrons. The molecule has 8 rings (SSSR count). The number of benzene rings is 5. The van der Waals surface area contributed by atoms with Crippen LogP contribution in [0.4, 0.5) is 0 Å². The highest BCUT2D eigenvalue weighted by atomic mass is 15.0. The Bertz CT molecular complexity index is 2360. The van der Waals surface area contributed by atoms with Crippen LogP contribution in [0.2, 0.25) is 0 Å². The van der Waals surface area contributed by atoms with Crippen molar-refractivity contribution in [3.8, 4) is 51.1 Å². The van der Waals surface area contributed by atoms with Crippen molar-refractivity contribution in [2.45, 2.75) is 0 Å². The van der Waals surface area contributed by atoms with Gasteiger partial charge in [0, 0.05) is 16.7 Å². The van der Waals surface area contributed by atoms with Crippen LogP contribution < -0.4 is 0 Å². The van der Waals surface area contributed by atoms with Crippen molar-refractivity contribution in [1.29, 1.82) is 5.26 Å². The third-order valence-corrected chi connectivity index (χ3v) is 7.80. The van der Waals surface area contributed by atoms with Crippen LogP contribution in [0.15, 0.2) is 140 Å². The van der Waals surface area contributed by atoms with Gasteiger partial charge in [-0.3, -0.25) is 4.40 Å². The minimum Gasteiger partial charge on any atom is -0.292 e. The predicted octanol–water partition coefficient (Wildman–Crippen LogP) is 8.97. The number of imidazole rings is 1. The molecule has 0 fully saturated rings. The van der Waals surface area contributed by atoms with Crippen molar-refractivity contribution in [3.05, 3.63) is 145 Å². The van der Waals surface area contributed by atoms with Crippen LogP contribution in [-0.4, -0.2) is 19.4 Å². The summed E-state index contributed by atoms with van der Waals surface area (Å²) in [5.74, 6) is 0.632. The van der Waals surface area contributed by atoms with Gasteiger partial charge < -0.3 is 0 Å². The summed E-state index contributed by atoms with van der Waals surface area (Å²) in [6.07, 6.45) is 0. The van der Waals surface area contributed by atoms with Gasteiger partial charge in [0.2, 0.25) is 0 Å². The molecule has 0 aliphatic rings. The van der Waals surface area contributed by atoms with Gasteiger partial charge in [-0.2, -0.15) is 5.26 Å². The van der Waals surface area contributed by atoms with Crippen LogP contribution in [0.5, 0.6) is 0 Å². The van der Waals surface area contributed by atoms with Gasteiger partial charge in [-0.15, -0.1) is 0 Å². The number of pyridine rings is 1. The van der Waals surface area contributed by atoms with Crippen molar-refractivity contribution >= 4 is 27.6 Å². The fraction of sp³-hybridized carbons (Fsp3) is 0. The van der Waals surface area contributed by atoms with Gasteiger partial charge in [-0.25, -0.2) is 15.0 Å². The van der Waals surface area contributed by atoms with E-state index in [1.165, 1.54) is 0 Å². The number of para-hydroxylation sites is 2. The zero-order valence-electron chi connectivity index (χ0n) is 23.0. The van der Waals surface area contributed by atoms with Crippen molar-refractivity contribution in [2.24, 2.45) is 0 Å². The lowest BCUT2D eigenvalue weighted by atomic mass is 10.0. The van der Waals surface area contributed by atoms with E-state index in [9.17, 15) is 5.26 Å². The largest absolute Gasteiger partial charge is 0.292 e. The molecule has 0 bridgehead atoms. The number of aromatic nitrogens is 4. The monoisotopic (exact) mass is 549 g/mol. The van der Waals surface area contributed by atoms with Gasteiger partial charge in [0.15, 0.2) is 5.82 Å². The van der Waals surface area contributed by atoms with Gasteiger partial charge >= 0.3 is 0 Å². The van der Waals surface area contributed by atoms with Crippen molar-refractivity contribution in [3.63, 3.8) is 0 Å². The summed E-state index contributed by atoms with van der Waals surface area (Å²) in [6, 6.07) is 49.2. The first kappa shape index (κ1) is 24.7. The Morgan fingerprint density at radius 2 is 1.21 bits per heavy atom. The number of nitriles is 1. The zero-order chi connectivity index (χ0) is 28.8. The van der Waals surface area contributed by atoms with E-state index in [1.54, 1.807) is 6.07 Å². The van der Waals surface area contributed by atoms with Crippen molar-refractivity contribution < 1.29 is 0 Å². The third kappa shape index (κ3) is 4.39. The Labute approximate surface area is 248 Å². The van der Waals surface area contributed by atoms with Crippen LogP contribution in [0.1, 0.15) is 5.56 Å².